The molecule has 4 rings (SSSR count). The summed E-state index contributed by atoms with van der Waals surface area (Å²) in [5.74, 6) is -1.51. The molecule has 3 aromatic carbocycles. The first-order valence-corrected chi connectivity index (χ1v) is 12.6. The molecule has 0 bridgehead atoms. The highest BCUT2D eigenvalue weighted by molar-refractivity contribution is 14.1. The maximum atomic E-state index is 12.9. The van der Waals surface area contributed by atoms with Gasteiger partial charge in [0, 0.05) is 14.8 Å². The SMILES string of the molecule is O=C(CN1C(=O)S/C(=C\c2cc(N=Nc3cccc(C(F)(F)F)c3)ccc2O)C1=O)Nc1ccc(I)cc1. The third-order valence-corrected chi connectivity index (χ3v) is 6.68. The number of aromatic hydroxyl groups is 1. The van der Waals surface area contributed by atoms with Gasteiger partial charge in [0.2, 0.25) is 5.91 Å². The number of carbonyl (C=O) groups excluding carboxylic acids is 3. The maximum absolute atomic E-state index is 12.9. The minimum Gasteiger partial charge on any atom is -0.507 e. The number of azo groups is 1. The van der Waals surface area contributed by atoms with Gasteiger partial charge in [-0.15, -0.1) is 0 Å². The van der Waals surface area contributed by atoms with Crippen LogP contribution in [0.1, 0.15) is 11.1 Å². The molecule has 13 heteroatoms. The van der Waals surface area contributed by atoms with E-state index in [1.807, 2.05) is 0 Å². The number of nitrogens with one attached hydrogen (secondary N) is 1. The standard InChI is InChI=1S/C25H16F3IN4O4S/c26-25(27,28)15-2-1-3-18(12-15)31-32-19-8-9-20(34)14(10-19)11-21-23(36)33(24(37)38-21)13-22(35)30-17-6-4-16(29)5-7-17/h1-12,34H,13H2,(H,30,35)/b21-11-,32-31?. The number of halogens is 4. The topological polar surface area (TPSA) is 111 Å². The Kier molecular flexibility index (Phi) is 8.16. The van der Waals surface area contributed by atoms with E-state index in [0.29, 0.717) is 17.4 Å². The number of anilines is 1. The normalized spacial score (nSPS) is 15.1. The Hall–Kier alpha value is -3.72. The number of nitrogens with zero attached hydrogens (tertiary/aromatic N) is 3. The fourth-order valence-corrected chi connectivity index (χ4v) is 4.42. The van der Waals surface area contributed by atoms with E-state index < -0.39 is 35.3 Å². The second-order valence-corrected chi connectivity index (χ2v) is 10.1. The van der Waals surface area contributed by atoms with Gasteiger partial charge in [-0.3, -0.25) is 19.3 Å². The molecule has 0 radical (unpaired) electrons. The minimum atomic E-state index is -4.53. The Labute approximate surface area is 231 Å². The number of phenols is 1. The lowest BCUT2D eigenvalue weighted by atomic mass is 10.1. The molecule has 194 valence electrons. The van der Waals surface area contributed by atoms with Crippen LogP contribution in [0, 0.1) is 3.57 Å². The zero-order chi connectivity index (χ0) is 27.4. The minimum absolute atomic E-state index is 0.0284. The number of phenolic OH excluding ortho intramolecular Hbond substituents is 1. The summed E-state index contributed by atoms with van der Waals surface area (Å²) < 4.78 is 39.7. The third-order valence-electron chi connectivity index (χ3n) is 5.06. The number of imide groups is 1. The van der Waals surface area contributed by atoms with Crippen molar-refractivity contribution < 1.29 is 32.7 Å². The number of rotatable bonds is 6. The lowest BCUT2D eigenvalue weighted by Crippen LogP contribution is -2.36. The average Bonchev–Trinajstić information content (AvgIpc) is 3.12. The van der Waals surface area contributed by atoms with E-state index in [1.165, 1.54) is 36.4 Å². The Morgan fingerprint density at radius 3 is 2.39 bits per heavy atom. The van der Waals surface area contributed by atoms with E-state index in [0.717, 1.165) is 20.6 Å². The third kappa shape index (κ3) is 6.77. The molecule has 0 aliphatic carbocycles. The van der Waals surface area contributed by atoms with Crippen LogP contribution < -0.4 is 5.32 Å². The number of hydrogen-bond acceptors (Lipinski definition) is 7. The molecule has 0 spiro atoms. The van der Waals surface area contributed by atoms with Gasteiger partial charge < -0.3 is 10.4 Å². The molecule has 1 aliphatic rings. The fraction of sp³-hybridized carbons (Fsp3) is 0.0800. The molecule has 0 unspecified atom stereocenters. The predicted octanol–water partition coefficient (Wildman–Crippen LogP) is 7.11. The van der Waals surface area contributed by atoms with Crippen molar-refractivity contribution in [3.63, 3.8) is 0 Å². The van der Waals surface area contributed by atoms with Crippen LogP contribution in [0.2, 0.25) is 0 Å². The van der Waals surface area contributed by atoms with Gasteiger partial charge in [0.15, 0.2) is 0 Å². The zero-order valence-electron chi connectivity index (χ0n) is 19.1. The lowest BCUT2D eigenvalue weighted by Gasteiger charge is -2.12. The van der Waals surface area contributed by atoms with Crippen LogP contribution in [-0.4, -0.2) is 33.6 Å². The number of benzene rings is 3. The van der Waals surface area contributed by atoms with E-state index in [9.17, 15) is 32.7 Å². The van der Waals surface area contributed by atoms with Crippen LogP contribution in [0.15, 0.2) is 81.9 Å². The Bertz CT molecular complexity index is 1480. The van der Waals surface area contributed by atoms with Crippen LogP contribution in [0.4, 0.5) is 35.0 Å². The van der Waals surface area contributed by atoms with E-state index in [-0.39, 0.29) is 27.6 Å². The van der Waals surface area contributed by atoms with E-state index in [4.69, 9.17) is 0 Å². The Morgan fingerprint density at radius 1 is 1.03 bits per heavy atom. The first kappa shape index (κ1) is 27.3. The van der Waals surface area contributed by atoms with Crippen molar-refractivity contribution in [2.75, 3.05) is 11.9 Å². The number of alkyl halides is 3. The first-order chi connectivity index (χ1) is 18.0. The van der Waals surface area contributed by atoms with Crippen LogP contribution in [0.25, 0.3) is 6.08 Å². The van der Waals surface area contributed by atoms with Gasteiger partial charge in [0.1, 0.15) is 12.3 Å². The molecule has 2 N–H and O–H groups in total. The van der Waals surface area contributed by atoms with Gasteiger partial charge >= 0.3 is 6.18 Å². The van der Waals surface area contributed by atoms with Gasteiger partial charge in [-0.05, 0) is 101 Å². The van der Waals surface area contributed by atoms with Gasteiger partial charge in [-0.1, -0.05) is 6.07 Å². The average molecular weight is 652 g/mol. The molecule has 38 heavy (non-hydrogen) atoms. The molecule has 1 aliphatic heterocycles. The molecular formula is C25H16F3IN4O4S. The maximum Gasteiger partial charge on any atom is 0.416 e. The number of carbonyl (C=O) groups is 3. The smallest absolute Gasteiger partial charge is 0.416 e. The van der Waals surface area contributed by atoms with Crippen LogP contribution in [0.5, 0.6) is 5.75 Å². The fourth-order valence-electron chi connectivity index (χ4n) is 3.23. The van der Waals surface area contributed by atoms with Gasteiger partial charge in [-0.2, -0.15) is 23.4 Å². The van der Waals surface area contributed by atoms with Crippen molar-refractivity contribution >= 4 is 74.5 Å². The van der Waals surface area contributed by atoms with Crippen LogP contribution >= 0.6 is 34.4 Å². The summed E-state index contributed by atoms with van der Waals surface area (Å²) in [6.07, 6.45) is -3.26. The Morgan fingerprint density at radius 2 is 1.71 bits per heavy atom. The number of thioether (sulfide) groups is 1. The van der Waals surface area contributed by atoms with E-state index in [2.05, 4.69) is 38.1 Å². The summed E-state index contributed by atoms with van der Waals surface area (Å²) in [5, 5.41) is 19.9. The second-order valence-electron chi connectivity index (χ2n) is 7.81. The molecule has 3 aromatic rings. The van der Waals surface area contributed by atoms with E-state index >= 15 is 0 Å². The molecule has 8 nitrogen and oxygen atoms in total. The van der Waals surface area contributed by atoms with Gasteiger partial charge in [0.25, 0.3) is 11.1 Å². The summed E-state index contributed by atoms with van der Waals surface area (Å²) in [4.78, 5) is 38.3. The predicted molar refractivity (Wildman–Crippen MR) is 144 cm³/mol. The first-order valence-electron chi connectivity index (χ1n) is 10.7. The molecule has 1 heterocycles. The van der Waals surface area contributed by atoms with Gasteiger partial charge in [-0.25, -0.2) is 0 Å². The summed E-state index contributed by atoms with van der Waals surface area (Å²) in [6.45, 7) is -0.495. The van der Waals surface area contributed by atoms with Crippen molar-refractivity contribution in [1.82, 2.24) is 4.90 Å². The largest absolute Gasteiger partial charge is 0.507 e. The van der Waals surface area contributed by atoms with E-state index in [1.54, 1.807) is 24.3 Å². The highest BCUT2D eigenvalue weighted by Gasteiger charge is 2.36. The van der Waals surface area contributed by atoms with Crippen molar-refractivity contribution in [1.29, 1.82) is 0 Å². The van der Waals surface area contributed by atoms with Crippen molar-refractivity contribution in [3.05, 3.63) is 86.3 Å². The second kappa shape index (κ2) is 11.3. The summed E-state index contributed by atoms with van der Waals surface area (Å²) >= 11 is 2.72. The number of amides is 3. The highest BCUT2D eigenvalue weighted by Crippen LogP contribution is 2.35. The molecule has 0 atom stereocenters. The lowest BCUT2D eigenvalue weighted by molar-refractivity contribution is -0.137. The van der Waals surface area contributed by atoms with Crippen LogP contribution in [0.3, 0.4) is 0 Å². The van der Waals surface area contributed by atoms with Crippen molar-refractivity contribution in [3.8, 4) is 5.75 Å². The highest BCUT2D eigenvalue weighted by atomic mass is 127. The molecule has 1 saturated heterocycles. The molecule has 3 amide bonds. The van der Waals surface area contributed by atoms with Crippen molar-refractivity contribution in [2.24, 2.45) is 10.2 Å². The summed E-state index contributed by atoms with van der Waals surface area (Å²) in [7, 11) is 0. The monoisotopic (exact) mass is 652 g/mol. The summed E-state index contributed by atoms with van der Waals surface area (Å²) in [6, 6.07) is 15.3. The summed E-state index contributed by atoms with van der Waals surface area (Å²) in [5.41, 5.74) is -0.0803. The number of hydrogen-bond donors (Lipinski definition) is 2. The molecule has 0 saturated carbocycles. The molecular weight excluding hydrogens is 636 g/mol. The van der Waals surface area contributed by atoms with Gasteiger partial charge in [0.05, 0.1) is 21.8 Å². The molecule has 0 aromatic heterocycles. The van der Waals surface area contributed by atoms with Crippen molar-refractivity contribution in [2.45, 2.75) is 6.18 Å². The quantitative estimate of drug-likeness (QED) is 0.168. The zero-order valence-corrected chi connectivity index (χ0v) is 22.0. The molecule has 1 fully saturated rings. The Balaban J connectivity index is 1.48. The van der Waals surface area contributed by atoms with Crippen LogP contribution in [-0.2, 0) is 15.8 Å².